The van der Waals surface area contributed by atoms with Crippen molar-refractivity contribution >= 4 is 21.1 Å². The number of aromatic amines is 1. The molecule has 1 aliphatic carbocycles. The minimum Gasteiger partial charge on any atom is -0.404 e. The molecule has 0 amide bonds. The van der Waals surface area contributed by atoms with Crippen molar-refractivity contribution in [2.75, 3.05) is 0 Å². The number of ether oxygens (including phenoxy) is 1. The number of aryl methyl sites for hydroxylation is 1. The second-order valence-corrected chi connectivity index (χ2v) is 8.13. The minimum absolute atomic E-state index is 0.380. The highest BCUT2D eigenvalue weighted by Gasteiger charge is 2.35. The molecule has 0 saturated heterocycles. The quantitative estimate of drug-likeness (QED) is 0.687. The van der Waals surface area contributed by atoms with E-state index in [0.29, 0.717) is 24.9 Å². The lowest BCUT2D eigenvalue weighted by Crippen LogP contribution is -2.39. The van der Waals surface area contributed by atoms with Gasteiger partial charge in [-0.1, -0.05) is 12.1 Å². The molecule has 2 heterocycles. The number of rotatable bonds is 4. The number of hydrogen-bond donors (Lipinski definition) is 2. The van der Waals surface area contributed by atoms with Crippen LogP contribution in [0, 0.1) is 0 Å². The molecule has 0 saturated carbocycles. The zero-order chi connectivity index (χ0) is 19.9. The van der Waals surface area contributed by atoms with Gasteiger partial charge in [0.05, 0.1) is 6.20 Å². The van der Waals surface area contributed by atoms with Crippen molar-refractivity contribution in [2.45, 2.75) is 36.6 Å². The Balaban J connectivity index is 1.58. The predicted octanol–water partition coefficient (Wildman–Crippen LogP) is 2.69. The fourth-order valence-electron chi connectivity index (χ4n) is 3.41. The Kier molecular flexibility index (Phi) is 4.50. The molecule has 1 aliphatic rings. The highest BCUT2D eigenvalue weighted by Crippen LogP contribution is 2.31. The zero-order valence-corrected chi connectivity index (χ0v) is 15.1. The fourth-order valence-corrected chi connectivity index (χ4v) is 4.81. The number of hydrogen-bond acceptors (Lipinski definition) is 5. The van der Waals surface area contributed by atoms with Gasteiger partial charge in [0, 0.05) is 17.6 Å². The molecule has 1 atom stereocenters. The van der Waals surface area contributed by atoms with Crippen LogP contribution in [0.2, 0.25) is 0 Å². The lowest BCUT2D eigenvalue weighted by Gasteiger charge is -2.25. The SMILES string of the molecule is O=S(=O)(NC1CCc2c(cnc3[nH]ncc23)C1)c1ccccc1OC(F)(F)F. The van der Waals surface area contributed by atoms with Gasteiger partial charge in [-0.15, -0.1) is 13.2 Å². The molecule has 2 aromatic heterocycles. The van der Waals surface area contributed by atoms with Crippen molar-refractivity contribution in [3.63, 3.8) is 0 Å². The van der Waals surface area contributed by atoms with Crippen molar-refractivity contribution in [2.24, 2.45) is 0 Å². The summed E-state index contributed by atoms with van der Waals surface area (Å²) in [6, 6.07) is 4.20. The van der Waals surface area contributed by atoms with Crippen molar-refractivity contribution < 1.29 is 26.3 Å². The molecular formula is C17H15F3N4O3S. The van der Waals surface area contributed by atoms with Gasteiger partial charge in [0.15, 0.2) is 5.65 Å². The normalized spacial score (nSPS) is 17.5. The Labute approximate surface area is 158 Å². The summed E-state index contributed by atoms with van der Waals surface area (Å²) >= 11 is 0. The number of nitrogens with one attached hydrogen (secondary N) is 2. The number of H-pyrrole nitrogens is 1. The molecule has 7 nitrogen and oxygen atoms in total. The van der Waals surface area contributed by atoms with Crippen LogP contribution in [-0.2, 0) is 22.9 Å². The number of halogens is 3. The first-order valence-corrected chi connectivity index (χ1v) is 9.88. The topological polar surface area (TPSA) is 97.0 Å². The second-order valence-electron chi connectivity index (χ2n) is 6.45. The van der Waals surface area contributed by atoms with Crippen LogP contribution in [0.5, 0.6) is 5.75 Å². The first-order chi connectivity index (χ1) is 13.2. The summed E-state index contributed by atoms with van der Waals surface area (Å²) in [6.45, 7) is 0. The van der Waals surface area contributed by atoms with Gasteiger partial charge in [0.2, 0.25) is 10.0 Å². The maximum Gasteiger partial charge on any atom is 0.573 e. The van der Waals surface area contributed by atoms with Crippen LogP contribution in [0.15, 0.2) is 41.6 Å². The average molecular weight is 412 g/mol. The van der Waals surface area contributed by atoms with Crippen LogP contribution >= 0.6 is 0 Å². The van der Waals surface area contributed by atoms with E-state index in [0.717, 1.165) is 28.6 Å². The summed E-state index contributed by atoms with van der Waals surface area (Å²) in [5.74, 6) is -0.763. The summed E-state index contributed by atoms with van der Waals surface area (Å²) < 4.78 is 69.5. The van der Waals surface area contributed by atoms with Gasteiger partial charge in [-0.2, -0.15) is 5.10 Å². The maximum atomic E-state index is 12.7. The van der Waals surface area contributed by atoms with Crippen molar-refractivity contribution in [1.29, 1.82) is 0 Å². The van der Waals surface area contributed by atoms with Gasteiger partial charge >= 0.3 is 6.36 Å². The van der Waals surface area contributed by atoms with E-state index in [-0.39, 0.29) is 0 Å². The van der Waals surface area contributed by atoms with Gasteiger partial charge in [0.25, 0.3) is 0 Å². The van der Waals surface area contributed by atoms with Crippen LogP contribution in [0.3, 0.4) is 0 Å². The molecule has 11 heteroatoms. The van der Waals surface area contributed by atoms with Crippen LogP contribution in [0.1, 0.15) is 17.5 Å². The van der Waals surface area contributed by atoms with E-state index in [1.54, 1.807) is 12.4 Å². The standard InChI is InChI=1S/C17H15F3N4O3S/c18-17(19,20)27-14-3-1-2-4-15(14)28(25,26)24-11-5-6-12-10(7-11)8-21-16-13(12)9-22-23-16/h1-4,8-9,11,24H,5-7H2,(H,21,22,23). The third-order valence-electron chi connectivity index (χ3n) is 4.58. The highest BCUT2D eigenvalue weighted by atomic mass is 32.2. The number of para-hydroxylation sites is 1. The summed E-state index contributed by atoms with van der Waals surface area (Å²) in [7, 11) is -4.21. The van der Waals surface area contributed by atoms with Gasteiger partial charge in [-0.25, -0.2) is 18.1 Å². The third kappa shape index (κ3) is 3.67. The third-order valence-corrected chi connectivity index (χ3v) is 6.14. The van der Waals surface area contributed by atoms with Crippen LogP contribution in [0.25, 0.3) is 11.0 Å². The van der Waals surface area contributed by atoms with Gasteiger partial charge in [-0.3, -0.25) is 5.10 Å². The largest absolute Gasteiger partial charge is 0.573 e. The molecule has 1 unspecified atom stereocenters. The van der Waals surface area contributed by atoms with E-state index in [4.69, 9.17) is 0 Å². The smallest absolute Gasteiger partial charge is 0.404 e. The van der Waals surface area contributed by atoms with E-state index in [9.17, 15) is 21.6 Å². The molecule has 0 aliphatic heterocycles. The molecule has 1 aromatic carbocycles. The van der Waals surface area contributed by atoms with Crippen LogP contribution in [0.4, 0.5) is 13.2 Å². The van der Waals surface area contributed by atoms with Gasteiger partial charge in [0.1, 0.15) is 10.6 Å². The number of pyridine rings is 1. The van der Waals surface area contributed by atoms with Crippen LogP contribution in [-0.4, -0.2) is 36.0 Å². The number of benzene rings is 1. The van der Waals surface area contributed by atoms with E-state index >= 15 is 0 Å². The maximum absolute atomic E-state index is 12.7. The lowest BCUT2D eigenvalue weighted by atomic mass is 9.88. The zero-order valence-electron chi connectivity index (χ0n) is 14.3. The van der Waals surface area contributed by atoms with E-state index in [1.807, 2.05) is 0 Å². The average Bonchev–Trinajstić information content (AvgIpc) is 3.09. The molecule has 0 radical (unpaired) electrons. The molecule has 0 bridgehead atoms. The first-order valence-electron chi connectivity index (χ1n) is 8.40. The molecule has 2 N–H and O–H groups in total. The molecule has 0 fully saturated rings. The Morgan fingerprint density at radius 3 is 2.79 bits per heavy atom. The Morgan fingerprint density at radius 1 is 1.21 bits per heavy atom. The van der Waals surface area contributed by atoms with Crippen molar-refractivity contribution in [3.05, 3.63) is 47.8 Å². The van der Waals surface area contributed by atoms with Crippen LogP contribution < -0.4 is 9.46 Å². The molecule has 3 aromatic rings. The molecule has 0 spiro atoms. The summed E-state index contributed by atoms with van der Waals surface area (Å²) in [5, 5.41) is 7.64. The summed E-state index contributed by atoms with van der Waals surface area (Å²) in [5.41, 5.74) is 2.60. The first kappa shape index (κ1) is 18.7. The molecular weight excluding hydrogens is 397 g/mol. The van der Waals surface area contributed by atoms with E-state index < -0.39 is 33.1 Å². The molecule has 28 heavy (non-hydrogen) atoms. The number of aromatic nitrogens is 3. The van der Waals surface area contributed by atoms with Gasteiger partial charge in [-0.05, 0) is 42.5 Å². The predicted molar refractivity (Wildman–Crippen MR) is 93.1 cm³/mol. The number of nitrogens with zero attached hydrogens (tertiary/aromatic N) is 2. The van der Waals surface area contributed by atoms with E-state index in [1.165, 1.54) is 12.1 Å². The van der Waals surface area contributed by atoms with Crippen molar-refractivity contribution in [3.8, 4) is 5.75 Å². The molecule has 4 rings (SSSR count). The number of fused-ring (bicyclic) bond motifs is 3. The lowest BCUT2D eigenvalue weighted by molar-refractivity contribution is -0.275. The number of alkyl halides is 3. The highest BCUT2D eigenvalue weighted by molar-refractivity contribution is 7.89. The molecule has 148 valence electrons. The Bertz CT molecular complexity index is 1130. The summed E-state index contributed by atoms with van der Waals surface area (Å²) in [6.07, 6.45) is -0.171. The van der Waals surface area contributed by atoms with Gasteiger partial charge < -0.3 is 4.74 Å². The second kappa shape index (κ2) is 6.74. The number of sulfonamides is 1. The Hall–Kier alpha value is -2.66. The monoisotopic (exact) mass is 412 g/mol. The minimum atomic E-state index is -4.99. The fraction of sp³-hybridized carbons (Fsp3) is 0.294. The van der Waals surface area contributed by atoms with Crippen molar-refractivity contribution in [1.82, 2.24) is 19.9 Å². The van der Waals surface area contributed by atoms with E-state index in [2.05, 4.69) is 24.6 Å². The summed E-state index contributed by atoms with van der Waals surface area (Å²) in [4.78, 5) is 3.70. The Morgan fingerprint density at radius 2 is 2.00 bits per heavy atom.